The number of nitrogens with zero attached hydrogens (tertiary/aromatic N) is 3. The minimum Gasteiger partial charge on any atom is -0.331 e. The molecule has 0 aliphatic carbocycles. The van der Waals surface area contributed by atoms with Gasteiger partial charge in [0.05, 0.1) is 21.7 Å². The van der Waals surface area contributed by atoms with Gasteiger partial charge in [-0.2, -0.15) is 0 Å². The maximum absolute atomic E-state index is 13.0. The maximum atomic E-state index is 13.0. The molecule has 4 N–H and O–H groups in total. The van der Waals surface area contributed by atoms with Crippen molar-refractivity contribution < 1.29 is 18.0 Å². The van der Waals surface area contributed by atoms with Crippen molar-refractivity contribution >= 4 is 55.4 Å². The number of carbonyl (C=O) groups excluding carboxylic acids is 2. The first kappa shape index (κ1) is 22.2. The van der Waals surface area contributed by atoms with Crippen LogP contribution >= 0.6 is 0 Å². The predicted octanol–water partition coefficient (Wildman–Crippen LogP) is 3.13. The number of anilines is 2. The van der Waals surface area contributed by atoms with E-state index < -0.39 is 21.7 Å². The Morgan fingerprint density at radius 2 is 1.74 bits per heavy atom. The topological polar surface area (TPSA) is 163 Å². The minimum atomic E-state index is -3.63. The van der Waals surface area contributed by atoms with Crippen molar-refractivity contribution in [2.45, 2.75) is 11.8 Å². The van der Waals surface area contributed by atoms with Crippen LogP contribution < -0.4 is 10.6 Å². The van der Waals surface area contributed by atoms with E-state index in [0.29, 0.717) is 0 Å². The third kappa shape index (κ3) is 4.34. The Morgan fingerprint density at radius 3 is 2.49 bits per heavy atom. The van der Waals surface area contributed by atoms with Crippen molar-refractivity contribution in [3.05, 3.63) is 72.3 Å². The number of H-pyrrole nitrogens is 2. The largest absolute Gasteiger partial charge is 0.331 e. The first-order chi connectivity index (χ1) is 16.8. The fourth-order valence-corrected chi connectivity index (χ4v) is 4.49. The second-order valence-corrected chi connectivity index (χ2v) is 9.90. The van der Waals surface area contributed by atoms with E-state index in [9.17, 15) is 18.0 Å². The lowest BCUT2D eigenvalue weighted by Gasteiger charge is -2.07. The average molecular weight is 490 g/mol. The Balaban J connectivity index is 1.52. The molecule has 11 nitrogen and oxygen atoms in total. The number of benzene rings is 2. The molecule has 35 heavy (non-hydrogen) atoms. The van der Waals surface area contributed by atoms with Gasteiger partial charge in [0.15, 0.2) is 9.84 Å². The highest BCUT2D eigenvalue weighted by atomic mass is 32.2. The Bertz CT molecular complexity index is 1690. The number of pyridine rings is 1. The van der Waals surface area contributed by atoms with Gasteiger partial charge >= 0.3 is 0 Å². The standard InChI is InChI=1S/C23H19N7O4S/c1-2-35(33,34)15-10-16(20(31)29-22-24-7-8-25-22)19-17(11-15)27-23(28-19)30-21(32)18-9-13-5-3-4-6-14(13)12-26-18/h3-12H,2H2,1H3,(H2,24,25,29,31)(H2,27,28,30,32). The molecule has 0 unspecified atom stereocenters. The van der Waals surface area contributed by atoms with Crippen molar-refractivity contribution in [1.29, 1.82) is 0 Å². The van der Waals surface area contributed by atoms with E-state index in [-0.39, 0.29) is 44.8 Å². The Hall–Kier alpha value is -4.58. The van der Waals surface area contributed by atoms with Gasteiger partial charge in [-0.3, -0.25) is 25.2 Å². The minimum absolute atomic E-state index is 0.00602. The molecule has 0 aliphatic heterocycles. The molecular formula is C23H19N7O4S. The number of hydrogen-bond acceptors (Lipinski definition) is 7. The van der Waals surface area contributed by atoms with E-state index in [2.05, 4.69) is 35.6 Å². The van der Waals surface area contributed by atoms with E-state index in [1.807, 2.05) is 24.3 Å². The molecule has 2 amide bonds. The zero-order chi connectivity index (χ0) is 24.6. The van der Waals surface area contributed by atoms with Gasteiger partial charge < -0.3 is 9.97 Å². The Kier molecular flexibility index (Phi) is 5.49. The normalized spacial score (nSPS) is 11.6. The summed E-state index contributed by atoms with van der Waals surface area (Å²) in [5.41, 5.74) is 0.637. The summed E-state index contributed by atoms with van der Waals surface area (Å²) in [5.74, 6) is -1.05. The van der Waals surface area contributed by atoms with Crippen molar-refractivity contribution in [3.63, 3.8) is 0 Å². The zero-order valence-electron chi connectivity index (χ0n) is 18.4. The van der Waals surface area contributed by atoms with Gasteiger partial charge in [-0.25, -0.2) is 18.4 Å². The number of amides is 2. The highest BCUT2D eigenvalue weighted by Gasteiger charge is 2.22. The maximum Gasteiger partial charge on any atom is 0.276 e. The molecule has 3 heterocycles. The number of aromatic nitrogens is 5. The predicted molar refractivity (Wildman–Crippen MR) is 130 cm³/mol. The summed E-state index contributed by atoms with van der Waals surface area (Å²) in [6.07, 6.45) is 4.60. The summed E-state index contributed by atoms with van der Waals surface area (Å²) < 4.78 is 25.1. The molecule has 3 aromatic heterocycles. The lowest BCUT2D eigenvalue weighted by molar-refractivity contribution is 0.101. The average Bonchev–Trinajstić information content (AvgIpc) is 3.52. The summed E-state index contributed by atoms with van der Waals surface area (Å²) >= 11 is 0. The summed E-state index contributed by atoms with van der Waals surface area (Å²) in [7, 11) is -3.63. The number of imidazole rings is 2. The van der Waals surface area contributed by atoms with Crippen molar-refractivity contribution in [2.24, 2.45) is 0 Å². The van der Waals surface area contributed by atoms with Crippen LogP contribution in [0.4, 0.5) is 11.9 Å². The van der Waals surface area contributed by atoms with Gasteiger partial charge in [0, 0.05) is 24.0 Å². The highest BCUT2D eigenvalue weighted by molar-refractivity contribution is 7.91. The zero-order valence-corrected chi connectivity index (χ0v) is 19.2. The molecule has 0 bridgehead atoms. The monoisotopic (exact) mass is 489 g/mol. The third-order valence-electron chi connectivity index (χ3n) is 5.37. The molecule has 0 saturated heterocycles. The molecule has 0 radical (unpaired) electrons. The van der Waals surface area contributed by atoms with Crippen LogP contribution in [0.1, 0.15) is 27.8 Å². The van der Waals surface area contributed by atoms with Crippen LogP contribution in [0.3, 0.4) is 0 Å². The molecule has 5 aromatic rings. The molecule has 0 saturated carbocycles. The fraction of sp³-hybridized carbons (Fsp3) is 0.0870. The van der Waals surface area contributed by atoms with Crippen molar-refractivity contribution in [1.82, 2.24) is 24.9 Å². The number of rotatable bonds is 6. The van der Waals surface area contributed by atoms with Crippen LogP contribution in [0.2, 0.25) is 0 Å². The smallest absolute Gasteiger partial charge is 0.276 e. The third-order valence-corrected chi connectivity index (χ3v) is 7.08. The molecule has 0 aliphatic rings. The van der Waals surface area contributed by atoms with Crippen LogP contribution in [0, 0.1) is 0 Å². The summed E-state index contributed by atoms with van der Waals surface area (Å²) in [6, 6.07) is 11.8. The fourth-order valence-electron chi connectivity index (χ4n) is 3.56. The Labute approximate surface area is 198 Å². The molecule has 2 aromatic carbocycles. The lowest BCUT2D eigenvalue weighted by atomic mass is 10.1. The number of carbonyl (C=O) groups is 2. The summed E-state index contributed by atoms with van der Waals surface area (Å²) in [5, 5.41) is 6.94. The van der Waals surface area contributed by atoms with Crippen LogP contribution in [-0.2, 0) is 9.84 Å². The van der Waals surface area contributed by atoms with E-state index >= 15 is 0 Å². The van der Waals surface area contributed by atoms with Gasteiger partial charge in [-0.05, 0) is 23.6 Å². The van der Waals surface area contributed by atoms with E-state index in [1.165, 1.54) is 31.5 Å². The van der Waals surface area contributed by atoms with Gasteiger partial charge in [0.2, 0.25) is 11.9 Å². The molecule has 5 rings (SSSR count). The molecule has 0 atom stereocenters. The first-order valence-electron chi connectivity index (χ1n) is 10.6. The number of nitrogens with one attached hydrogen (secondary N) is 4. The number of aromatic amines is 2. The van der Waals surface area contributed by atoms with Crippen molar-refractivity contribution in [3.8, 4) is 0 Å². The van der Waals surface area contributed by atoms with E-state index in [4.69, 9.17) is 0 Å². The molecule has 176 valence electrons. The quantitative estimate of drug-likeness (QED) is 0.285. The molecule has 0 spiro atoms. The molecule has 12 heteroatoms. The van der Waals surface area contributed by atoms with E-state index in [0.717, 1.165) is 10.8 Å². The number of sulfone groups is 1. The highest BCUT2D eigenvalue weighted by Crippen LogP contribution is 2.25. The number of fused-ring (bicyclic) bond motifs is 2. The SMILES string of the molecule is CCS(=O)(=O)c1cc(C(=O)Nc2ncc[nH]2)c2nc(NC(=O)c3cc4ccccc4cn3)[nH]c2c1. The molecular weight excluding hydrogens is 470 g/mol. The first-order valence-corrected chi connectivity index (χ1v) is 12.2. The van der Waals surface area contributed by atoms with E-state index in [1.54, 1.807) is 12.3 Å². The second kappa shape index (κ2) is 8.65. The number of hydrogen-bond donors (Lipinski definition) is 4. The summed E-state index contributed by atoms with van der Waals surface area (Å²) in [6.45, 7) is 1.51. The van der Waals surface area contributed by atoms with Crippen LogP contribution in [0.25, 0.3) is 21.8 Å². The van der Waals surface area contributed by atoms with Crippen molar-refractivity contribution in [2.75, 3.05) is 16.4 Å². The van der Waals surface area contributed by atoms with Crippen LogP contribution in [0.5, 0.6) is 0 Å². The van der Waals surface area contributed by atoms with Gasteiger partial charge in [-0.15, -0.1) is 0 Å². The van der Waals surface area contributed by atoms with Gasteiger partial charge in [-0.1, -0.05) is 31.2 Å². The second-order valence-electron chi connectivity index (χ2n) is 7.62. The lowest BCUT2D eigenvalue weighted by Crippen LogP contribution is -2.15. The Morgan fingerprint density at radius 1 is 0.971 bits per heavy atom. The van der Waals surface area contributed by atoms with Crippen LogP contribution in [0.15, 0.2) is 66.0 Å². The molecule has 0 fully saturated rings. The van der Waals surface area contributed by atoms with Gasteiger partial charge in [0.1, 0.15) is 11.2 Å². The summed E-state index contributed by atoms with van der Waals surface area (Å²) in [4.78, 5) is 43.8. The van der Waals surface area contributed by atoms with Crippen LogP contribution in [-0.4, -0.2) is 50.9 Å². The van der Waals surface area contributed by atoms with Gasteiger partial charge in [0.25, 0.3) is 11.8 Å².